The van der Waals surface area contributed by atoms with Gasteiger partial charge in [-0.15, -0.1) is 0 Å². The zero-order chi connectivity index (χ0) is 24.3. The molecule has 0 aliphatic carbocycles. The molecular weight excluding hydrogens is 485 g/mol. The number of carbonyl (C=O) groups is 2. The average molecular weight is 504 g/mol. The lowest BCUT2D eigenvalue weighted by Gasteiger charge is -2.28. The highest BCUT2D eigenvalue weighted by molar-refractivity contribution is 7.92. The molecule has 3 aromatic carbocycles. The highest BCUT2D eigenvalue weighted by Crippen LogP contribution is 2.27. The van der Waals surface area contributed by atoms with Gasteiger partial charge in [-0.3, -0.25) is 9.59 Å². The summed E-state index contributed by atoms with van der Waals surface area (Å²) in [5, 5.41) is 5.53. The largest absolute Gasteiger partial charge is 0.359 e. The normalized spacial score (nSPS) is 14.9. The van der Waals surface area contributed by atoms with Gasteiger partial charge in [0.05, 0.1) is 28.8 Å². The summed E-state index contributed by atoms with van der Waals surface area (Å²) < 4.78 is 44.1. The van der Waals surface area contributed by atoms with Gasteiger partial charge in [-0.25, -0.2) is 17.1 Å². The van der Waals surface area contributed by atoms with Crippen LogP contribution in [0.15, 0.2) is 66.7 Å². The number of carbonyl (C=O) groups excluding carboxylic acids is 2. The van der Waals surface area contributed by atoms with Gasteiger partial charge in [0.2, 0.25) is 10.0 Å². The number of ether oxygens (including phenoxy) is 1. The molecule has 0 bridgehead atoms. The Morgan fingerprint density at radius 1 is 0.941 bits per heavy atom. The summed E-state index contributed by atoms with van der Waals surface area (Å²) in [7, 11) is -3.46. The van der Waals surface area contributed by atoms with Gasteiger partial charge in [0, 0.05) is 16.8 Å². The van der Waals surface area contributed by atoms with Crippen LogP contribution >= 0.6 is 11.6 Å². The van der Waals surface area contributed by atoms with E-state index in [1.165, 1.54) is 54.6 Å². The summed E-state index contributed by atoms with van der Waals surface area (Å²) in [6, 6.07) is 15.8. The number of rotatable bonds is 5. The maximum atomic E-state index is 13.4. The van der Waals surface area contributed by atoms with Crippen LogP contribution in [0.3, 0.4) is 0 Å². The number of hydrogen-bond acceptors (Lipinski definition) is 5. The van der Waals surface area contributed by atoms with E-state index < -0.39 is 27.7 Å². The minimum absolute atomic E-state index is 0.0806. The molecule has 1 fully saturated rings. The number of nitrogens with one attached hydrogen (secondary N) is 2. The fourth-order valence-corrected chi connectivity index (χ4v) is 4.63. The molecule has 3 aromatic rings. The lowest BCUT2D eigenvalue weighted by atomic mass is 10.1. The number of sulfonamides is 1. The number of nitrogens with zero attached hydrogens (tertiary/aromatic N) is 1. The van der Waals surface area contributed by atoms with Gasteiger partial charge in [0.15, 0.2) is 0 Å². The van der Waals surface area contributed by atoms with Crippen LogP contribution in [0.5, 0.6) is 0 Å². The molecule has 0 saturated carbocycles. The first-order chi connectivity index (χ1) is 16.2. The molecule has 1 heterocycles. The van der Waals surface area contributed by atoms with E-state index >= 15 is 0 Å². The van der Waals surface area contributed by atoms with Crippen molar-refractivity contribution in [1.82, 2.24) is 0 Å². The molecular formula is C23H19ClFN3O5S. The first-order valence-electron chi connectivity index (χ1n) is 10.1. The fourth-order valence-electron chi connectivity index (χ4n) is 3.24. The van der Waals surface area contributed by atoms with E-state index in [9.17, 15) is 22.4 Å². The zero-order valence-electron chi connectivity index (χ0n) is 17.6. The Bertz CT molecular complexity index is 1350. The van der Waals surface area contributed by atoms with E-state index in [1.54, 1.807) is 6.07 Å². The van der Waals surface area contributed by atoms with Crippen LogP contribution in [0.25, 0.3) is 0 Å². The summed E-state index contributed by atoms with van der Waals surface area (Å²) in [4.78, 5) is 25.1. The van der Waals surface area contributed by atoms with Crippen molar-refractivity contribution in [1.29, 1.82) is 0 Å². The van der Waals surface area contributed by atoms with Crippen LogP contribution in [-0.2, 0) is 14.8 Å². The Balaban J connectivity index is 1.46. The Hall–Kier alpha value is -3.47. The van der Waals surface area contributed by atoms with Crippen LogP contribution in [0, 0.1) is 5.82 Å². The highest BCUT2D eigenvalue weighted by Gasteiger charge is 2.26. The number of anilines is 3. The minimum atomic E-state index is -3.46. The maximum absolute atomic E-state index is 13.4. The van der Waals surface area contributed by atoms with Crippen LogP contribution in [-0.4, -0.2) is 39.3 Å². The van der Waals surface area contributed by atoms with E-state index in [0.717, 1.165) is 10.4 Å². The quantitative estimate of drug-likeness (QED) is 0.545. The topological polar surface area (TPSA) is 105 Å². The third kappa shape index (κ3) is 5.36. The van der Waals surface area contributed by atoms with Gasteiger partial charge >= 0.3 is 0 Å². The number of halogens is 2. The molecule has 34 heavy (non-hydrogen) atoms. The molecule has 1 saturated heterocycles. The van der Waals surface area contributed by atoms with Crippen LogP contribution in [0.2, 0.25) is 5.02 Å². The van der Waals surface area contributed by atoms with Gasteiger partial charge in [-0.2, -0.15) is 0 Å². The number of benzene rings is 3. The van der Waals surface area contributed by atoms with Crippen LogP contribution < -0.4 is 14.9 Å². The molecule has 0 atom stereocenters. The monoisotopic (exact) mass is 503 g/mol. The second-order valence-corrected chi connectivity index (χ2v) is 9.78. The second-order valence-electron chi connectivity index (χ2n) is 7.36. The van der Waals surface area contributed by atoms with Gasteiger partial charge in [0.25, 0.3) is 11.8 Å². The molecule has 0 aromatic heterocycles. The zero-order valence-corrected chi connectivity index (χ0v) is 19.2. The van der Waals surface area contributed by atoms with Crippen LogP contribution in [0.4, 0.5) is 21.5 Å². The Morgan fingerprint density at radius 2 is 1.68 bits per heavy atom. The third-order valence-electron chi connectivity index (χ3n) is 5.01. The Morgan fingerprint density at radius 3 is 2.38 bits per heavy atom. The van der Waals surface area contributed by atoms with Gasteiger partial charge in [0.1, 0.15) is 12.5 Å². The molecule has 2 N–H and O–H groups in total. The molecule has 1 aliphatic rings. The maximum Gasteiger partial charge on any atom is 0.255 e. The molecule has 0 unspecified atom stereocenters. The van der Waals surface area contributed by atoms with Crippen molar-refractivity contribution in [3.8, 4) is 0 Å². The number of amides is 2. The van der Waals surface area contributed by atoms with Crippen molar-refractivity contribution in [2.24, 2.45) is 0 Å². The van der Waals surface area contributed by atoms with Crippen molar-refractivity contribution >= 4 is 50.5 Å². The highest BCUT2D eigenvalue weighted by atomic mass is 35.5. The molecule has 11 heteroatoms. The molecule has 1 aliphatic heterocycles. The molecule has 2 amide bonds. The van der Waals surface area contributed by atoms with Crippen LogP contribution in [0.1, 0.15) is 20.7 Å². The standard InChI is InChI=1S/C23H19ClFN3O5S/c24-20-9-6-18(13-21(20)27-23(30)16-2-1-3-17(25)12-16)26-22(29)15-4-7-19(8-5-15)28-14-33-10-11-34(28,31)32/h1-9,12-13H,10-11,14H2,(H,26,29)(H,27,30). The summed E-state index contributed by atoms with van der Waals surface area (Å²) in [6.45, 7) is 0.0634. The summed E-state index contributed by atoms with van der Waals surface area (Å²) in [5.74, 6) is -1.66. The third-order valence-corrected chi connectivity index (χ3v) is 7.01. The first-order valence-corrected chi connectivity index (χ1v) is 12.1. The lowest BCUT2D eigenvalue weighted by molar-refractivity contribution is 0.101. The van der Waals surface area contributed by atoms with E-state index in [0.29, 0.717) is 16.9 Å². The van der Waals surface area contributed by atoms with Crippen molar-refractivity contribution in [2.75, 3.05) is 34.0 Å². The smallest absolute Gasteiger partial charge is 0.255 e. The first kappa shape index (κ1) is 23.7. The minimum Gasteiger partial charge on any atom is -0.359 e. The lowest BCUT2D eigenvalue weighted by Crippen LogP contribution is -2.41. The van der Waals surface area contributed by atoms with E-state index in [-0.39, 0.29) is 35.4 Å². The van der Waals surface area contributed by atoms with E-state index in [2.05, 4.69) is 10.6 Å². The van der Waals surface area contributed by atoms with E-state index in [4.69, 9.17) is 16.3 Å². The Kier molecular flexibility index (Phi) is 6.82. The summed E-state index contributed by atoms with van der Waals surface area (Å²) in [5.41, 5.74) is 1.40. The molecule has 176 valence electrons. The summed E-state index contributed by atoms with van der Waals surface area (Å²) >= 11 is 6.16. The second kappa shape index (κ2) is 9.80. The molecule has 0 radical (unpaired) electrons. The van der Waals surface area contributed by atoms with Gasteiger partial charge in [-0.05, 0) is 60.7 Å². The van der Waals surface area contributed by atoms with Crippen molar-refractivity contribution in [3.05, 3.63) is 88.7 Å². The summed E-state index contributed by atoms with van der Waals surface area (Å²) in [6.07, 6.45) is 0. The average Bonchev–Trinajstić information content (AvgIpc) is 2.81. The van der Waals surface area contributed by atoms with Gasteiger partial charge < -0.3 is 15.4 Å². The SMILES string of the molecule is O=C(Nc1ccc(Cl)c(NC(=O)c2cccc(F)c2)c1)c1ccc(N2COCCS2(=O)=O)cc1. The van der Waals surface area contributed by atoms with E-state index in [1.807, 2.05) is 0 Å². The van der Waals surface area contributed by atoms with Crippen molar-refractivity contribution in [3.63, 3.8) is 0 Å². The van der Waals surface area contributed by atoms with Gasteiger partial charge in [-0.1, -0.05) is 17.7 Å². The predicted molar refractivity (Wildman–Crippen MR) is 127 cm³/mol. The predicted octanol–water partition coefficient (Wildman–Crippen LogP) is 4.11. The molecule has 8 nitrogen and oxygen atoms in total. The van der Waals surface area contributed by atoms with Crippen molar-refractivity contribution < 1.29 is 27.1 Å². The Labute approximate surface area is 200 Å². The number of hydrogen-bond donors (Lipinski definition) is 2. The van der Waals surface area contributed by atoms with Crippen molar-refractivity contribution in [2.45, 2.75) is 0 Å². The molecule has 0 spiro atoms. The fraction of sp³-hybridized carbons (Fsp3) is 0.130. The molecule has 4 rings (SSSR count).